The zero-order valence-corrected chi connectivity index (χ0v) is 16.6. The molecule has 1 aliphatic heterocycles. The first-order valence-corrected chi connectivity index (χ1v) is 9.06. The fraction of sp³-hybridized carbons (Fsp3) is 0.579. The number of carbonyl (C=O) groups excluding carboxylic acids is 2. The topological polar surface area (TPSA) is 89.1 Å². The predicted molar refractivity (Wildman–Crippen MR) is 103 cm³/mol. The van der Waals surface area contributed by atoms with E-state index in [0.717, 1.165) is 6.54 Å². The molecule has 0 radical (unpaired) electrons. The minimum Gasteiger partial charge on any atom is -0.493 e. The van der Waals surface area contributed by atoms with Crippen molar-refractivity contribution in [3.63, 3.8) is 0 Å². The summed E-state index contributed by atoms with van der Waals surface area (Å²) >= 11 is 0. The first kappa shape index (κ1) is 20.8. The van der Waals surface area contributed by atoms with Gasteiger partial charge >= 0.3 is 0 Å². The summed E-state index contributed by atoms with van der Waals surface area (Å²) in [5.74, 6) is 0.791. The van der Waals surface area contributed by atoms with E-state index in [1.165, 1.54) is 21.3 Å². The van der Waals surface area contributed by atoms with Crippen molar-refractivity contribution in [3.8, 4) is 17.2 Å². The van der Waals surface area contributed by atoms with Gasteiger partial charge < -0.3 is 29.7 Å². The molecule has 0 aromatic heterocycles. The number of hydrogen-bond donors (Lipinski definition) is 2. The van der Waals surface area contributed by atoms with Gasteiger partial charge in [0.15, 0.2) is 11.5 Å². The Kier molecular flexibility index (Phi) is 7.29. The average molecular weight is 379 g/mol. The second-order valence-corrected chi connectivity index (χ2v) is 6.49. The molecule has 8 nitrogen and oxygen atoms in total. The second-order valence-electron chi connectivity index (χ2n) is 6.49. The molecule has 2 N–H and O–H groups in total. The zero-order valence-electron chi connectivity index (χ0n) is 16.6. The van der Waals surface area contributed by atoms with Crippen LogP contribution in [-0.2, 0) is 9.59 Å². The van der Waals surface area contributed by atoms with Crippen LogP contribution in [0.3, 0.4) is 0 Å². The third-order valence-corrected chi connectivity index (χ3v) is 4.59. The number of ether oxygens (including phenoxy) is 3. The summed E-state index contributed by atoms with van der Waals surface area (Å²) in [4.78, 5) is 26.5. The van der Waals surface area contributed by atoms with Gasteiger partial charge in [0, 0.05) is 37.7 Å². The minimum absolute atomic E-state index is 0.107. The Balaban J connectivity index is 2.12. The Morgan fingerprint density at radius 1 is 1.22 bits per heavy atom. The number of rotatable bonds is 9. The average Bonchev–Trinajstić information content (AvgIpc) is 3.06. The van der Waals surface area contributed by atoms with Crippen molar-refractivity contribution in [1.29, 1.82) is 0 Å². The molecule has 1 fully saturated rings. The Hall–Kier alpha value is -2.48. The summed E-state index contributed by atoms with van der Waals surface area (Å²) < 4.78 is 16.0. The third kappa shape index (κ3) is 4.82. The molecule has 1 aromatic rings. The molecule has 0 saturated carbocycles. The highest BCUT2D eigenvalue weighted by Gasteiger charge is 2.36. The minimum atomic E-state index is -0.384. The van der Waals surface area contributed by atoms with E-state index in [1.807, 2.05) is 13.8 Å². The molecule has 0 bridgehead atoms. The van der Waals surface area contributed by atoms with Crippen LogP contribution in [0.4, 0.5) is 5.69 Å². The van der Waals surface area contributed by atoms with Gasteiger partial charge in [0.1, 0.15) is 0 Å². The monoisotopic (exact) mass is 379 g/mol. The first-order valence-electron chi connectivity index (χ1n) is 9.06. The second kappa shape index (κ2) is 9.45. The molecule has 27 heavy (non-hydrogen) atoms. The van der Waals surface area contributed by atoms with E-state index in [-0.39, 0.29) is 30.2 Å². The molecule has 8 heteroatoms. The van der Waals surface area contributed by atoms with Crippen LogP contribution < -0.4 is 29.7 Å². The quantitative estimate of drug-likeness (QED) is 0.670. The lowest BCUT2D eigenvalue weighted by Crippen LogP contribution is -2.41. The molecule has 150 valence electrons. The number of nitrogens with zero attached hydrogens (tertiary/aromatic N) is 1. The van der Waals surface area contributed by atoms with E-state index in [1.54, 1.807) is 17.0 Å². The number of benzene rings is 1. The number of anilines is 1. The molecular formula is C19H29N3O5. The molecule has 1 saturated heterocycles. The first-order chi connectivity index (χ1) is 12.9. The molecule has 1 aromatic carbocycles. The van der Waals surface area contributed by atoms with Crippen molar-refractivity contribution in [3.05, 3.63) is 12.1 Å². The van der Waals surface area contributed by atoms with Gasteiger partial charge in [0.25, 0.3) is 0 Å². The van der Waals surface area contributed by atoms with Gasteiger partial charge in [-0.15, -0.1) is 0 Å². The largest absolute Gasteiger partial charge is 0.493 e. The summed E-state index contributed by atoms with van der Waals surface area (Å²) in [7, 11) is 4.57. The Morgan fingerprint density at radius 3 is 2.37 bits per heavy atom. The fourth-order valence-electron chi connectivity index (χ4n) is 3.17. The summed E-state index contributed by atoms with van der Waals surface area (Å²) in [6.07, 6.45) is 0.179. The van der Waals surface area contributed by atoms with Crippen molar-refractivity contribution < 1.29 is 23.8 Å². The highest BCUT2D eigenvalue weighted by molar-refractivity contribution is 6.00. The van der Waals surface area contributed by atoms with Gasteiger partial charge in [0.2, 0.25) is 17.6 Å². The lowest BCUT2D eigenvalue weighted by molar-refractivity contribution is -0.126. The van der Waals surface area contributed by atoms with Gasteiger partial charge in [-0.1, -0.05) is 6.92 Å². The number of carbonyl (C=O) groups is 2. The van der Waals surface area contributed by atoms with Crippen LogP contribution in [-0.4, -0.2) is 58.8 Å². The molecule has 0 aliphatic carbocycles. The van der Waals surface area contributed by atoms with Crippen LogP contribution in [0.25, 0.3) is 0 Å². The van der Waals surface area contributed by atoms with E-state index >= 15 is 0 Å². The molecule has 1 heterocycles. The molecule has 2 atom stereocenters. The highest BCUT2D eigenvalue weighted by atomic mass is 16.5. The Morgan fingerprint density at radius 2 is 1.85 bits per heavy atom. The van der Waals surface area contributed by atoms with Crippen molar-refractivity contribution in [2.45, 2.75) is 26.3 Å². The standard InChI is InChI=1S/C19H29N3O5/c1-6-20-12(2)10-21-19(24)13-7-17(23)22(11-13)14-8-15(25-3)18(27-5)16(9-14)26-4/h8-9,12-13,20H,6-7,10-11H2,1-5H3,(H,21,24)/t12-,13?/m1/s1. The van der Waals surface area contributed by atoms with E-state index in [2.05, 4.69) is 10.6 Å². The normalized spacial score (nSPS) is 17.6. The third-order valence-electron chi connectivity index (χ3n) is 4.59. The maximum absolute atomic E-state index is 12.5. The van der Waals surface area contributed by atoms with Gasteiger partial charge in [-0.05, 0) is 13.5 Å². The molecular weight excluding hydrogens is 350 g/mol. The SMILES string of the molecule is CCN[C@H](C)CNC(=O)C1CC(=O)N(c2cc(OC)c(OC)c(OC)c2)C1. The Bertz CT molecular complexity index is 654. The number of methoxy groups -OCH3 is 3. The summed E-state index contributed by atoms with van der Waals surface area (Å²) in [6.45, 7) is 5.71. The van der Waals surface area contributed by atoms with E-state index < -0.39 is 0 Å². The van der Waals surface area contributed by atoms with Crippen molar-refractivity contribution >= 4 is 17.5 Å². The van der Waals surface area contributed by atoms with Crippen LogP contribution in [0.1, 0.15) is 20.3 Å². The van der Waals surface area contributed by atoms with Gasteiger partial charge in [-0.2, -0.15) is 0 Å². The molecule has 2 amide bonds. The molecule has 1 aliphatic rings. The van der Waals surface area contributed by atoms with Crippen LogP contribution in [0.15, 0.2) is 12.1 Å². The zero-order chi connectivity index (χ0) is 20.0. The summed E-state index contributed by atoms with van der Waals surface area (Å²) in [6, 6.07) is 3.61. The molecule has 0 spiro atoms. The maximum Gasteiger partial charge on any atom is 0.227 e. The Labute approximate surface area is 160 Å². The number of amides is 2. The van der Waals surface area contributed by atoms with Gasteiger partial charge in [0.05, 0.1) is 32.9 Å². The maximum atomic E-state index is 12.5. The number of hydrogen-bond acceptors (Lipinski definition) is 6. The van der Waals surface area contributed by atoms with Gasteiger partial charge in [-0.25, -0.2) is 0 Å². The lowest BCUT2D eigenvalue weighted by Gasteiger charge is -2.20. The summed E-state index contributed by atoms with van der Waals surface area (Å²) in [5, 5.41) is 6.15. The van der Waals surface area contributed by atoms with Crippen LogP contribution in [0, 0.1) is 5.92 Å². The van der Waals surface area contributed by atoms with Gasteiger partial charge in [-0.3, -0.25) is 9.59 Å². The lowest BCUT2D eigenvalue weighted by atomic mass is 10.1. The van der Waals surface area contributed by atoms with E-state index in [9.17, 15) is 9.59 Å². The number of likely N-dealkylation sites (N-methyl/N-ethyl adjacent to an activating group) is 1. The molecule has 1 unspecified atom stereocenters. The highest BCUT2D eigenvalue weighted by Crippen LogP contribution is 2.42. The van der Waals surface area contributed by atoms with Crippen LogP contribution in [0.5, 0.6) is 17.2 Å². The van der Waals surface area contributed by atoms with E-state index in [4.69, 9.17) is 14.2 Å². The predicted octanol–water partition coefficient (Wildman–Crippen LogP) is 1.18. The van der Waals surface area contributed by atoms with Crippen LogP contribution in [0.2, 0.25) is 0 Å². The van der Waals surface area contributed by atoms with Crippen molar-refractivity contribution in [2.75, 3.05) is 45.9 Å². The smallest absolute Gasteiger partial charge is 0.227 e. The molecule has 2 rings (SSSR count). The fourth-order valence-corrected chi connectivity index (χ4v) is 3.17. The van der Waals surface area contributed by atoms with E-state index in [0.29, 0.717) is 36.0 Å². The van der Waals surface area contributed by atoms with Crippen molar-refractivity contribution in [2.24, 2.45) is 5.92 Å². The summed E-state index contributed by atoms with van der Waals surface area (Å²) in [5.41, 5.74) is 0.616. The van der Waals surface area contributed by atoms with Crippen LogP contribution >= 0.6 is 0 Å². The number of nitrogens with one attached hydrogen (secondary N) is 2. The van der Waals surface area contributed by atoms with Crippen molar-refractivity contribution in [1.82, 2.24) is 10.6 Å².